The topological polar surface area (TPSA) is 223 Å². The number of ether oxygens (including phenoxy) is 1. The Morgan fingerprint density at radius 2 is 0.720 bits per heavy atom. The van der Waals surface area contributed by atoms with Gasteiger partial charge in [-0.25, -0.2) is 0 Å². The normalized spacial score (nSPS) is 18.7. The van der Waals surface area contributed by atoms with E-state index < -0.39 is 111 Å². The molecule has 107 heavy (non-hydrogen) atoms. The number of nitrogens with one attached hydrogen (secondary N) is 3. The van der Waals surface area contributed by atoms with Gasteiger partial charge in [0.2, 0.25) is 8.32 Å². The van der Waals surface area contributed by atoms with Crippen LogP contribution in [0.25, 0.3) is 0 Å². The standard InChI is InChI=1S/C70H146N8O16Si13/c1-95(2,3)83-97(6,7)85-99(10,11)87-101(14,15)89-103(18,19)91-105(22,23)93-107(26,27)94-106(24,25)92-104(20,21)90-102(16,17)88-100(12,13)86-98(8,9)84-96(4,5)61-82-69(80)44-46-72-48-57-74(58-49-73-70(81)65-42-38-63(39-43-65)60-78-55-32-53-76-51-30-35-68(76)78)56-47-71-45-28-33-66(79)64-40-36-62(37-41-64)59-77-54-31-52-75-50-29-34-67(75)77/h36-43,67-68,71-72H,28-35,44-61H2,1-27H3,(H,73,81). The highest BCUT2D eigenvalue weighted by Gasteiger charge is 2.52. The number of carbonyl (C=O) groups excluding carboxylic acids is 3. The Hall–Kier alpha value is -0.891. The van der Waals surface area contributed by atoms with Crippen molar-refractivity contribution in [3.05, 3.63) is 70.8 Å². The van der Waals surface area contributed by atoms with Crippen molar-refractivity contribution in [3.63, 3.8) is 0 Å². The van der Waals surface area contributed by atoms with Crippen LogP contribution in [0, 0.1) is 0 Å². The summed E-state index contributed by atoms with van der Waals surface area (Å²) in [5.41, 5.74) is 3.94. The molecule has 1 amide bonds. The Labute approximate surface area is 661 Å². The maximum Gasteiger partial charge on any atom is 0.314 e. The summed E-state index contributed by atoms with van der Waals surface area (Å²) in [6.45, 7) is 70.0. The van der Waals surface area contributed by atoms with E-state index in [2.05, 4.69) is 176 Å². The molecule has 0 saturated carbocycles. The Bertz CT molecular complexity index is 3120. The molecule has 4 fully saturated rings. The van der Waals surface area contributed by atoms with Gasteiger partial charge in [0.15, 0.2) is 14.1 Å². The SMILES string of the molecule is C[Si](C)(C)O[Si](C)(C)O[Si](C)(C)O[Si](C)(C)O[Si](C)(C)O[Si](C)(C)O[Si](C)(C)O[Si](C)(C)O[Si](C)(C)O[Si](C)(C)O[Si](C)(C)O[Si](C)(C)O[Si](C)(C)COC(=O)CCNCCN(CCNCCCC(=O)c1ccc(CN2CCCN3CCCC32)cc1)CCNC(=O)c1ccc(CN2CCCN3CCCC32)cc1. The van der Waals surface area contributed by atoms with E-state index in [-0.39, 0.29) is 30.3 Å². The quantitative estimate of drug-likeness (QED) is 0.0242. The third-order valence-electron chi connectivity index (χ3n) is 18.3. The second-order valence-electron chi connectivity index (χ2n) is 36.4. The van der Waals surface area contributed by atoms with Gasteiger partial charge in [0.25, 0.3) is 5.91 Å². The first kappa shape index (κ1) is 95.0. The van der Waals surface area contributed by atoms with Gasteiger partial charge in [0.05, 0.1) is 18.8 Å². The number of esters is 1. The monoisotopic (exact) mass is 1720 g/mol. The third-order valence-corrected chi connectivity index (χ3v) is 67.1. The van der Waals surface area contributed by atoms with Crippen molar-refractivity contribution >= 4 is 128 Å². The molecule has 0 spiro atoms. The summed E-state index contributed by atoms with van der Waals surface area (Å²) in [6, 6.07) is 16.4. The van der Waals surface area contributed by atoms with Gasteiger partial charge < -0.3 is 70.1 Å². The van der Waals surface area contributed by atoms with Gasteiger partial charge in [-0.05, 0) is 265 Å². The van der Waals surface area contributed by atoms with Crippen molar-refractivity contribution in [1.82, 2.24) is 40.4 Å². The van der Waals surface area contributed by atoms with E-state index in [0.29, 0.717) is 57.0 Å². The summed E-state index contributed by atoms with van der Waals surface area (Å²) in [4.78, 5) is 52.8. The number of carbonyl (C=O) groups is 3. The molecular weight excluding hydrogens is 1570 g/mol. The summed E-state index contributed by atoms with van der Waals surface area (Å²) in [5.74, 6) is -0.200. The maximum atomic E-state index is 13.5. The average Bonchev–Trinajstić information content (AvgIpc) is 1.74. The summed E-state index contributed by atoms with van der Waals surface area (Å²) in [5, 5.41) is 10.2. The summed E-state index contributed by atoms with van der Waals surface area (Å²) in [6.07, 6.45) is 10.2. The van der Waals surface area contributed by atoms with E-state index in [4.69, 9.17) is 54.1 Å². The molecule has 4 aliphatic heterocycles. The Morgan fingerprint density at radius 1 is 0.383 bits per heavy atom. The van der Waals surface area contributed by atoms with Crippen LogP contribution in [0.15, 0.2) is 48.5 Å². The number of rotatable bonds is 48. The van der Waals surface area contributed by atoms with E-state index in [0.717, 1.165) is 57.8 Å². The lowest BCUT2D eigenvalue weighted by Crippen LogP contribution is -2.63. The minimum atomic E-state index is -2.88. The third kappa shape index (κ3) is 36.0. The number of nitrogens with zero attached hydrogens (tertiary/aromatic N) is 5. The zero-order valence-corrected chi connectivity index (χ0v) is 84.4. The lowest BCUT2D eigenvalue weighted by atomic mass is 10.0. The van der Waals surface area contributed by atoms with Crippen LogP contribution in [0.4, 0.5) is 0 Å². The highest BCUT2D eigenvalue weighted by atomic mass is 28.5. The Balaban J connectivity index is 0.912. The molecule has 3 N–H and O–H groups in total. The van der Waals surface area contributed by atoms with Crippen molar-refractivity contribution in [2.24, 2.45) is 0 Å². The average molecular weight is 1720 g/mol. The van der Waals surface area contributed by atoms with Crippen LogP contribution in [0.1, 0.15) is 89.6 Å². The fourth-order valence-electron chi connectivity index (χ4n) is 16.7. The largest absolute Gasteiger partial charge is 0.466 e. The first-order valence-electron chi connectivity index (χ1n) is 39.8. The highest BCUT2D eigenvalue weighted by molar-refractivity contribution is 6.94. The number of ketones is 1. The number of hydrogen-bond acceptors (Lipinski definition) is 23. The summed E-state index contributed by atoms with van der Waals surface area (Å²) in [7, 11) is -34.9. The van der Waals surface area contributed by atoms with Crippen LogP contribution in [0.5, 0.6) is 0 Å². The highest BCUT2D eigenvalue weighted by Crippen LogP contribution is 2.34. The van der Waals surface area contributed by atoms with Gasteiger partial charge in [-0.15, -0.1) is 0 Å². The molecule has 614 valence electrons. The first-order valence-corrected chi connectivity index (χ1v) is 77.3. The predicted molar refractivity (Wildman–Crippen MR) is 462 cm³/mol. The fourth-order valence-corrected chi connectivity index (χ4v) is 82.0. The lowest BCUT2D eigenvalue weighted by Gasteiger charge is -2.45. The minimum Gasteiger partial charge on any atom is -0.466 e. The Kier molecular flexibility index (Phi) is 35.4. The second kappa shape index (κ2) is 39.8. The molecule has 2 aromatic carbocycles. The van der Waals surface area contributed by atoms with Crippen molar-refractivity contribution in [2.75, 3.05) is 97.9 Å². The van der Waals surface area contributed by atoms with Crippen molar-refractivity contribution in [2.45, 2.75) is 260 Å². The zero-order valence-electron chi connectivity index (χ0n) is 71.4. The summed E-state index contributed by atoms with van der Waals surface area (Å²) < 4.78 is 88.0. The molecule has 2 unspecified atom stereocenters. The predicted octanol–water partition coefficient (Wildman–Crippen LogP) is 13.2. The zero-order chi connectivity index (χ0) is 79.9. The molecule has 0 aromatic heterocycles. The molecule has 2 aromatic rings. The van der Waals surface area contributed by atoms with Crippen LogP contribution in [0.3, 0.4) is 0 Å². The minimum absolute atomic E-state index is 0.0823. The number of Topliss-reactive ketones (excluding diaryl/α,β-unsaturated/α-hetero) is 1. The van der Waals surface area contributed by atoms with E-state index >= 15 is 0 Å². The molecule has 24 nitrogen and oxygen atoms in total. The molecule has 4 saturated heterocycles. The van der Waals surface area contributed by atoms with Crippen LogP contribution >= 0.6 is 0 Å². The molecule has 37 heteroatoms. The van der Waals surface area contributed by atoms with Gasteiger partial charge in [-0.2, -0.15) is 0 Å². The maximum absolute atomic E-state index is 13.5. The van der Waals surface area contributed by atoms with E-state index in [1.54, 1.807) is 0 Å². The molecule has 2 atom stereocenters. The van der Waals surface area contributed by atoms with E-state index in [1.807, 2.05) is 89.7 Å². The van der Waals surface area contributed by atoms with Crippen LogP contribution in [-0.2, 0) is 72.0 Å². The van der Waals surface area contributed by atoms with Gasteiger partial charge in [-0.1, -0.05) is 36.4 Å². The van der Waals surface area contributed by atoms with Gasteiger partial charge in [0.1, 0.15) is 6.23 Å². The number of hydrogen-bond donors (Lipinski definition) is 3. The van der Waals surface area contributed by atoms with Gasteiger partial charge >= 0.3 is 100 Å². The Morgan fingerprint density at radius 3 is 1.10 bits per heavy atom. The molecule has 0 bridgehead atoms. The first-order chi connectivity index (χ1) is 49.1. The number of fused-ring (bicyclic) bond motifs is 2. The molecule has 6 rings (SSSR count). The number of benzene rings is 2. The van der Waals surface area contributed by atoms with Crippen LogP contribution in [-0.4, -0.2) is 263 Å². The van der Waals surface area contributed by atoms with E-state index in [9.17, 15) is 14.4 Å². The molecule has 0 radical (unpaired) electrons. The van der Waals surface area contributed by atoms with Crippen molar-refractivity contribution in [3.8, 4) is 0 Å². The summed E-state index contributed by atoms with van der Waals surface area (Å²) >= 11 is 0. The van der Waals surface area contributed by atoms with Crippen molar-refractivity contribution < 1.29 is 68.5 Å². The smallest absolute Gasteiger partial charge is 0.314 e. The van der Waals surface area contributed by atoms with Gasteiger partial charge in [-0.3, -0.25) is 38.9 Å². The molecular formula is C70H146N8O16Si13. The molecule has 4 heterocycles. The second-order valence-corrected chi connectivity index (χ2v) is 85.0. The van der Waals surface area contributed by atoms with Crippen molar-refractivity contribution in [1.29, 1.82) is 0 Å². The van der Waals surface area contributed by atoms with Gasteiger partial charge in [0, 0.05) is 103 Å². The van der Waals surface area contributed by atoms with Crippen LogP contribution in [0.2, 0.25) is 177 Å². The van der Waals surface area contributed by atoms with Crippen LogP contribution < -0.4 is 16.0 Å². The number of amides is 1. The molecule has 0 aliphatic carbocycles. The molecule has 4 aliphatic rings. The lowest BCUT2D eigenvalue weighted by molar-refractivity contribution is -0.142. The fraction of sp³-hybridized carbons (Fsp3) is 0.786. The van der Waals surface area contributed by atoms with E-state index in [1.165, 1.54) is 75.8 Å².